The number of aromatic nitrogens is 3. The summed E-state index contributed by atoms with van der Waals surface area (Å²) in [4.78, 5) is 20.9. The zero-order valence-electron chi connectivity index (χ0n) is 14.8. The van der Waals surface area contributed by atoms with E-state index >= 15 is 0 Å². The van der Waals surface area contributed by atoms with Gasteiger partial charge >= 0.3 is 0 Å². The van der Waals surface area contributed by atoms with Gasteiger partial charge in [-0.25, -0.2) is 4.98 Å². The van der Waals surface area contributed by atoms with Crippen LogP contribution in [0, 0.1) is 0 Å². The highest BCUT2D eigenvalue weighted by Gasteiger charge is 2.09. The van der Waals surface area contributed by atoms with Gasteiger partial charge in [-0.1, -0.05) is 0 Å². The van der Waals surface area contributed by atoms with Gasteiger partial charge in [0.2, 0.25) is 5.91 Å². The van der Waals surface area contributed by atoms with Crippen LogP contribution in [0.2, 0.25) is 0 Å². The van der Waals surface area contributed by atoms with Gasteiger partial charge in [0.1, 0.15) is 5.75 Å². The molecule has 136 valence electrons. The molecule has 0 fully saturated rings. The highest BCUT2D eigenvalue weighted by atomic mass is 32.1. The molecule has 0 saturated carbocycles. The van der Waals surface area contributed by atoms with E-state index in [9.17, 15) is 4.79 Å². The second-order valence-corrected chi connectivity index (χ2v) is 6.87. The zero-order valence-corrected chi connectivity index (χ0v) is 15.6. The molecule has 1 N–H and O–H groups in total. The lowest BCUT2D eigenvalue weighted by molar-refractivity contribution is -0.116. The number of ether oxygens (including phenoxy) is 1. The van der Waals surface area contributed by atoms with Crippen molar-refractivity contribution >= 4 is 33.3 Å². The van der Waals surface area contributed by atoms with Crippen molar-refractivity contribution in [3.05, 3.63) is 60.4 Å². The largest absolute Gasteiger partial charge is 0.497 e. The first-order valence-corrected chi connectivity index (χ1v) is 9.39. The van der Waals surface area contributed by atoms with Crippen molar-refractivity contribution in [2.45, 2.75) is 13.0 Å². The van der Waals surface area contributed by atoms with Crippen molar-refractivity contribution in [3.8, 4) is 17.0 Å². The van der Waals surface area contributed by atoms with E-state index < -0.39 is 0 Å². The molecular weight excluding hydrogens is 360 g/mol. The number of thiazole rings is 1. The molecule has 0 unspecified atom stereocenters. The summed E-state index contributed by atoms with van der Waals surface area (Å²) in [5.74, 6) is 0.767. The summed E-state index contributed by atoms with van der Waals surface area (Å²) in [6, 6.07) is 11.8. The van der Waals surface area contributed by atoms with Crippen molar-refractivity contribution in [2.75, 3.05) is 12.4 Å². The van der Waals surface area contributed by atoms with E-state index in [-0.39, 0.29) is 5.91 Å². The predicted molar refractivity (Wildman–Crippen MR) is 107 cm³/mol. The first kappa shape index (κ1) is 17.2. The molecule has 0 bridgehead atoms. The topological polar surface area (TPSA) is 69.0 Å². The minimum Gasteiger partial charge on any atom is -0.497 e. The number of carbonyl (C=O) groups excluding carboxylic acids is 1. The molecule has 0 saturated heterocycles. The molecule has 7 heteroatoms. The third kappa shape index (κ3) is 3.83. The summed E-state index contributed by atoms with van der Waals surface area (Å²) < 4.78 is 7.31. The first-order valence-electron chi connectivity index (χ1n) is 8.51. The normalized spacial score (nSPS) is 10.9. The third-order valence-electron chi connectivity index (χ3n) is 4.27. The summed E-state index contributed by atoms with van der Waals surface area (Å²) in [5.41, 5.74) is 2.83. The molecule has 0 atom stereocenters. The second kappa shape index (κ2) is 7.59. The van der Waals surface area contributed by atoms with E-state index in [1.165, 1.54) is 11.3 Å². The summed E-state index contributed by atoms with van der Waals surface area (Å²) in [7, 11) is 1.65. The highest BCUT2D eigenvalue weighted by Crippen LogP contribution is 2.25. The van der Waals surface area contributed by atoms with Crippen molar-refractivity contribution in [2.24, 2.45) is 0 Å². The van der Waals surface area contributed by atoms with Gasteiger partial charge in [-0.15, -0.1) is 11.3 Å². The quantitative estimate of drug-likeness (QED) is 0.546. The standard InChI is InChI=1S/C20H18N4O2S/c1-26-16-4-5-18-14(11-16)6-9-24(18)10-7-19(25)23-20-22-17(13-27-20)15-3-2-8-21-12-15/h2-6,8-9,11-13H,7,10H2,1H3,(H,22,23,25). The molecule has 4 rings (SSSR count). The Balaban J connectivity index is 1.38. The van der Waals surface area contributed by atoms with E-state index in [2.05, 4.69) is 19.9 Å². The zero-order chi connectivity index (χ0) is 18.6. The van der Waals surface area contributed by atoms with Crippen LogP contribution >= 0.6 is 11.3 Å². The number of pyridine rings is 1. The van der Waals surface area contributed by atoms with Crippen LogP contribution in [-0.2, 0) is 11.3 Å². The van der Waals surface area contributed by atoms with Gasteiger partial charge in [-0.3, -0.25) is 9.78 Å². The van der Waals surface area contributed by atoms with Crippen molar-refractivity contribution in [3.63, 3.8) is 0 Å². The fourth-order valence-corrected chi connectivity index (χ4v) is 3.62. The average Bonchev–Trinajstić information content (AvgIpc) is 3.33. The Morgan fingerprint density at radius 2 is 2.22 bits per heavy atom. The highest BCUT2D eigenvalue weighted by molar-refractivity contribution is 7.14. The van der Waals surface area contributed by atoms with Crippen LogP contribution in [-0.4, -0.2) is 27.6 Å². The van der Waals surface area contributed by atoms with Crippen LogP contribution in [0.5, 0.6) is 5.75 Å². The van der Waals surface area contributed by atoms with Gasteiger partial charge in [0, 0.05) is 53.4 Å². The number of amides is 1. The van der Waals surface area contributed by atoms with Gasteiger partial charge in [0.25, 0.3) is 0 Å². The molecule has 0 spiro atoms. The molecule has 3 heterocycles. The monoisotopic (exact) mass is 378 g/mol. The van der Waals surface area contributed by atoms with E-state index in [1.807, 2.05) is 48.0 Å². The summed E-state index contributed by atoms with van der Waals surface area (Å²) in [5, 5.41) is 6.48. The number of hydrogen-bond acceptors (Lipinski definition) is 5. The van der Waals surface area contributed by atoms with Crippen LogP contribution in [0.25, 0.3) is 22.2 Å². The number of rotatable bonds is 6. The Hall–Kier alpha value is -3.19. The Kier molecular flexibility index (Phi) is 4.84. The Bertz CT molecular complexity index is 1070. The number of fused-ring (bicyclic) bond motifs is 1. The van der Waals surface area contributed by atoms with Crippen LogP contribution in [0.3, 0.4) is 0 Å². The number of hydrogen-bond donors (Lipinski definition) is 1. The third-order valence-corrected chi connectivity index (χ3v) is 5.02. The minimum atomic E-state index is -0.0579. The number of benzene rings is 1. The lowest BCUT2D eigenvalue weighted by Crippen LogP contribution is -2.14. The van der Waals surface area contributed by atoms with E-state index in [4.69, 9.17) is 4.74 Å². The summed E-state index contributed by atoms with van der Waals surface area (Å²) in [6.45, 7) is 0.600. The van der Waals surface area contributed by atoms with Crippen LogP contribution in [0.4, 0.5) is 5.13 Å². The molecular formula is C20H18N4O2S. The maximum Gasteiger partial charge on any atom is 0.227 e. The van der Waals surface area contributed by atoms with Gasteiger partial charge < -0.3 is 14.6 Å². The SMILES string of the molecule is COc1ccc2c(ccn2CCC(=O)Nc2nc(-c3cccnc3)cs2)c1. The Morgan fingerprint density at radius 1 is 1.30 bits per heavy atom. The number of nitrogens with one attached hydrogen (secondary N) is 1. The van der Waals surface area contributed by atoms with Crippen molar-refractivity contribution in [1.29, 1.82) is 0 Å². The van der Waals surface area contributed by atoms with Gasteiger partial charge in [-0.05, 0) is 36.4 Å². The average molecular weight is 378 g/mol. The molecule has 0 aliphatic carbocycles. The smallest absolute Gasteiger partial charge is 0.227 e. The number of methoxy groups -OCH3 is 1. The maximum atomic E-state index is 12.3. The number of aryl methyl sites for hydroxylation is 1. The van der Waals surface area contributed by atoms with Crippen molar-refractivity contribution in [1.82, 2.24) is 14.5 Å². The lowest BCUT2D eigenvalue weighted by atomic mass is 10.2. The van der Waals surface area contributed by atoms with Crippen molar-refractivity contribution < 1.29 is 9.53 Å². The molecule has 4 aromatic rings. The van der Waals surface area contributed by atoms with Gasteiger partial charge in [0.15, 0.2) is 5.13 Å². The Labute approximate surface area is 160 Å². The van der Waals surface area contributed by atoms with Crippen LogP contribution in [0.1, 0.15) is 6.42 Å². The number of nitrogens with zero attached hydrogens (tertiary/aromatic N) is 3. The fraction of sp³-hybridized carbons (Fsp3) is 0.150. The second-order valence-electron chi connectivity index (χ2n) is 6.01. The van der Waals surface area contributed by atoms with E-state index in [0.29, 0.717) is 18.1 Å². The number of carbonyl (C=O) groups is 1. The van der Waals surface area contributed by atoms with Crippen LogP contribution < -0.4 is 10.1 Å². The molecule has 27 heavy (non-hydrogen) atoms. The van der Waals surface area contributed by atoms with E-state index in [1.54, 1.807) is 19.5 Å². The van der Waals surface area contributed by atoms with Gasteiger partial charge in [0.05, 0.1) is 12.8 Å². The van der Waals surface area contributed by atoms with Gasteiger partial charge in [-0.2, -0.15) is 0 Å². The molecule has 1 amide bonds. The first-order chi connectivity index (χ1) is 13.2. The molecule has 0 radical (unpaired) electrons. The predicted octanol–water partition coefficient (Wildman–Crippen LogP) is 4.20. The minimum absolute atomic E-state index is 0.0579. The Morgan fingerprint density at radius 3 is 3.04 bits per heavy atom. The summed E-state index contributed by atoms with van der Waals surface area (Å²) in [6.07, 6.45) is 5.84. The van der Waals surface area contributed by atoms with Crippen LogP contribution in [0.15, 0.2) is 60.4 Å². The molecule has 1 aromatic carbocycles. The van der Waals surface area contributed by atoms with E-state index in [0.717, 1.165) is 27.9 Å². The summed E-state index contributed by atoms with van der Waals surface area (Å²) >= 11 is 1.41. The molecule has 3 aromatic heterocycles. The molecule has 0 aliphatic heterocycles. The number of anilines is 1. The fourth-order valence-electron chi connectivity index (χ4n) is 2.88. The molecule has 6 nitrogen and oxygen atoms in total. The molecule has 0 aliphatic rings. The lowest BCUT2D eigenvalue weighted by Gasteiger charge is -2.06. The maximum absolute atomic E-state index is 12.3.